The molecule has 0 aliphatic rings. The lowest BCUT2D eigenvalue weighted by Gasteiger charge is -2.20. The minimum absolute atomic E-state index is 0.179. The second kappa shape index (κ2) is 8.01. The normalized spacial score (nSPS) is 11.8. The van der Waals surface area contributed by atoms with E-state index in [-0.39, 0.29) is 12.5 Å². The third-order valence-corrected chi connectivity index (χ3v) is 4.06. The summed E-state index contributed by atoms with van der Waals surface area (Å²) in [6, 6.07) is 16.4. The first-order valence-electron chi connectivity index (χ1n) is 8.09. The Bertz CT molecular complexity index is 883. The molecule has 1 heterocycles. The van der Waals surface area contributed by atoms with Crippen molar-refractivity contribution in [3.8, 4) is 17.1 Å². The first kappa shape index (κ1) is 17.9. The number of halogens is 1. The van der Waals surface area contributed by atoms with Crippen LogP contribution in [0.15, 0.2) is 59.1 Å². The van der Waals surface area contributed by atoms with Crippen molar-refractivity contribution in [1.82, 2.24) is 15.0 Å². The smallest absolute Gasteiger partial charge is 0.263 e. The number of hydrogen-bond donors (Lipinski definition) is 0. The SMILES string of the molecule is C[C@@H](Oc1ccccc1)C(=O)N(C)Cc1nc(-c2ccccc2Cl)no1. The van der Waals surface area contributed by atoms with Gasteiger partial charge in [-0.25, -0.2) is 0 Å². The summed E-state index contributed by atoms with van der Waals surface area (Å²) in [7, 11) is 1.66. The van der Waals surface area contributed by atoms with Gasteiger partial charge in [0, 0.05) is 12.6 Å². The van der Waals surface area contributed by atoms with Crippen LogP contribution in [0.2, 0.25) is 5.02 Å². The average molecular weight is 372 g/mol. The lowest BCUT2D eigenvalue weighted by Crippen LogP contribution is -2.37. The quantitative estimate of drug-likeness (QED) is 0.659. The van der Waals surface area contributed by atoms with Gasteiger partial charge >= 0.3 is 0 Å². The first-order chi connectivity index (χ1) is 12.5. The van der Waals surface area contributed by atoms with Crippen LogP contribution in [0, 0.1) is 0 Å². The van der Waals surface area contributed by atoms with Crippen LogP contribution in [-0.2, 0) is 11.3 Å². The van der Waals surface area contributed by atoms with Gasteiger partial charge in [0.25, 0.3) is 5.91 Å². The average Bonchev–Trinajstić information content (AvgIpc) is 3.10. The molecule has 3 rings (SSSR count). The summed E-state index contributed by atoms with van der Waals surface area (Å²) in [5.41, 5.74) is 0.680. The molecule has 26 heavy (non-hydrogen) atoms. The van der Waals surface area contributed by atoms with Crippen molar-refractivity contribution in [2.45, 2.75) is 19.6 Å². The molecule has 134 valence electrons. The molecule has 0 bridgehead atoms. The maximum atomic E-state index is 12.5. The molecular weight excluding hydrogens is 354 g/mol. The van der Waals surface area contributed by atoms with Crippen molar-refractivity contribution in [2.75, 3.05) is 7.05 Å². The Hall–Kier alpha value is -2.86. The fourth-order valence-corrected chi connectivity index (χ4v) is 2.64. The number of benzene rings is 2. The van der Waals surface area contributed by atoms with Gasteiger partial charge in [-0.2, -0.15) is 4.98 Å². The van der Waals surface area contributed by atoms with E-state index in [0.29, 0.717) is 28.1 Å². The molecule has 0 saturated heterocycles. The number of aromatic nitrogens is 2. The minimum atomic E-state index is -0.631. The van der Waals surface area contributed by atoms with E-state index < -0.39 is 6.10 Å². The Balaban J connectivity index is 1.63. The van der Waals surface area contributed by atoms with E-state index in [9.17, 15) is 4.79 Å². The van der Waals surface area contributed by atoms with Gasteiger partial charge in [0.1, 0.15) is 5.75 Å². The lowest BCUT2D eigenvalue weighted by molar-refractivity contribution is -0.137. The molecule has 7 heteroatoms. The molecule has 2 aromatic carbocycles. The highest BCUT2D eigenvalue weighted by Gasteiger charge is 2.21. The molecular formula is C19H18ClN3O3. The molecule has 0 aliphatic heterocycles. The van der Waals surface area contributed by atoms with Crippen molar-refractivity contribution in [1.29, 1.82) is 0 Å². The molecule has 0 fully saturated rings. The van der Waals surface area contributed by atoms with Crippen molar-refractivity contribution in [3.63, 3.8) is 0 Å². The van der Waals surface area contributed by atoms with E-state index in [0.717, 1.165) is 0 Å². The lowest BCUT2D eigenvalue weighted by atomic mass is 10.2. The molecule has 0 unspecified atom stereocenters. The molecule has 0 radical (unpaired) electrons. The van der Waals surface area contributed by atoms with E-state index in [1.807, 2.05) is 36.4 Å². The fourth-order valence-electron chi connectivity index (χ4n) is 2.42. The number of carbonyl (C=O) groups is 1. The van der Waals surface area contributed by atoms with Gasteiger partial charge in [-0.3, -0.25) is 4.79 Å². The van der Waals surface area contributed by atoms with Gasteiger partial charge in [-0.15, -0.1) is 0 Å². The number of rotatable bonds is 6. The molecule has 0 N–H and O–H groups in total. The van der Waals surface area contributed by atoms with Gasteiger partial charge in [-0.1, -0.05) is 47.1 Å². The van der Waals surface area contributed by atoms with E-state index >= 15 is 0 Å². The summed E-state index contributed by atoms with van der Waals surface area (Å²) in [5.74, 6) is 1.16. The Kier molecular flexibility index (Phi) is 5.53. The van der Waals surface area contributed by atoms with Crippen LogP contribution in [0.4, 0.5) is 0 Å². The second-order valence-electron chi connectivity index (χ2n) is 5.76. The predicted octanol–water partition coefficient (Wildman–Crippen LogP) is 3.82. The van der Waals surface area contributed by atoms with Crippen molar-refractivity contribution in [2.24, 2.45) is 0 Å². The zero-order chi connectivity index (χ0) is 18.5. The summed E-state index contributed by atoms with van der Waals surface area (Å²) in [5, 5.41) is 4.47. The van der Waals surface area contributed by atoms with Gasteiger partial charge in [0.2, 0.25) is 11.7 Å². The van der Waals surface area contributed by atoms with E-state index in [1.165, 1.54) is 4.90 Å². The maximum absolute atomic E-state index is 12.5. The zero-order valence-corrected chi connectivity index (χ0v) is 15.2. The number of para-hydroxylation sites is 1. The Labute approximate surface area is 156 Å². The van der Waals surface area contributed by atoms with Crippen LogP contribution in [0.5, 0.6) is 5.75 Å². The second-order valence-corrected chi connectivity index (χ2v) is 6.17. The van der Waals surface area contributed by atoms with Gasteiger partial charge in [0.15, 0.2) is 6.10 Å². The predicted molar refractivity (Wildman–Crippen MR) is 97.8 cm³/mol. The number of amides is 1. The van der Waals surface area contributed by atoms with E-state index in [1.54, 1.807) is 32.2 Å². The highest BCUT2D eigenvalue weighted by molar-refractivity contribution is 6.33. The maximum Gasteiger partial charge on any atom is 0.263 e. The standard InChI is InChI=1S/C19H18ClN3O3/c1-13(25-14-8-4-3-5-9-14)19(24)23(2)12-17-21-18(22-26-17)15-10-6-7-11-16(15)20/h3-11,13H,12H2,1-2H3/t13-/m1/s1. The molecule has 1 amide bonds. The molecule has 3 aromatic rings. The number of carbonyl (C=O) groups excluding carboxylic acids is 1. The highest BCUT2D eigenvalue weighted by atomic mass is 35.5. The van der Waals surface area contributed by atoms with Gasteiger partial charge < -0.3 is 14.2 Å². The summed E-state index contributed by atoms with van der Waals surface area (Å²) < 4.78 is 10.9. The molecule has 0 saturated carbocycles. The summed E-state index contributed by atoms with van der Waals surface area (Å²) in [6.07, 6.45) is -0.631. The van der Waals surface area contributed by atoms with E-state index in [2.05, 4.69) is 10.1 Å². The van der Waals surface area contributed by atoms with E-state index in [4.69, 9.17) is 20.9 Å². The molecule has 6 nitrogen and oxygen atoms in total. The topological polar surface area (TPSA) is 68.5 Å². The summed E-state index contributed by atoms with van der Waals surface area (Å²) in [6.45, 7) is 1.88. The van der Waals surface area contributed by atoms with Crippen molar-refractivity contribution >= 4 is 17.5 Å². The third-order valence-electron chi connectivity index (χ3n) is 3.74. The van der Waals surface area contributed by atoms with Crippen LogP contribution >= 0.6 is 11.6 Å². The Morgan fingerprint density at radius 2 is 1.88 bits per heavy atom. The molecule has 0 spiro atoms. The van der Waals surface area contributed by atoms with Gasteiger partial charge in [0.05, 0.1) is 11.6 Å². The zero-order valence-electron chi connectivity index (χ0n) is 14.4. The third kappa shape index (κ3) is 4.21. The number of ether oxygens (including phenoxy) is 1. The molecule has 0 aliphatic carbocycles. The van der Waals surface area contributed by atoms with Gasteiger partial charge in [-0.05, 0) is 31.2 Å². The Morgan fingerprint density at radius 3 is 2.62 bits per heavy atom. The molecule has 1 aromatic heterocycles. The monoisotopic (exact) mass is 371 g/mol. The number of hydrogen-bond acceptors (Lipinski definition) is 5. The first-order valence-corrected chi connectivity index (χ1v) is 8.46. The Morgan fingerprint density at radius 1 is 1.19 bits per heavy atom. The largest absolute Gasteiger partial charge is 0.481 e. The minimum Gasteiger partial charge on any atom is -0.481 e. The number of nitrogens with zero attached hydrogens (tertiary/aromatic N) is 3. The fraction of sp³-hybridized carbons (Fsp3) is 0.211. The van der Waals surface area contributed by atoms with Crippen molar-refractivity contribution < 1.29 is 14.1 Å². The summed E-state index contributed by atoms with van der Waals surface area (Å²) >= 11 is 6.14. The summed E-state index contributed by atoms with van der Waals surface area (Å²) in [4.78, 5) is 18.3. The highest BCUT2D eigenvalue weighted by Crippen LogP contribution is 2.25. The van der Waals surface area contributed by atoms with Crippen LogP contribution < -0.4 is 4.74 Å². The van der Waals surface area contributed by atoms with Crippen LogP contribution in [0.3, 0.4) is 0 Å². The van der Waals surface area contributed by atoms with Crippen LogP contribution in [-0.4, -0.2) is 34.1 Å². The van der Waals surface area contributed by atoms with Crippen molar-refractivity contribution in [3.05, 3.63) is 65.5 Å². The van der Waals surface area contributed by atoms with Crippen LogP contribution in [0.1, 0.15) is 12.8 Å². The van der Waals surface area contributed by atoms with Crippen LogP contribution in [0.25, 0.3) is 11.4 Å². The number of likely N-dealkylation sites (N-methyl/N-ethyl adjacent to an activating group) is 1. The molecule has 1 atom stereocenters.